The zero-order chi connectivity index (χ0) is 78.1. The predicted octanol–water partition coefficient (Wildman–Crippen LogP) is 28.3. The summed E-state index contributed by atoms with van der Waals surface area (Å²) in [5, 5.41) is 9.47. The predicted molar refractivity (Wildman–Crippen MR) is 485 cm³/mol. The Morgan fingerprint density at radius 1 is 0.377 bits per heavy atom. The van der Waals surface area contributed by atoms with Crippen LogP contribution in [0.2, 0.25) is 0 Å². The van der Waals surface area contributed by atoms with Gasteiger partial charge in [0.25, 0.3) is 0 Å². The molecule has 0 unspecified atom stereocenters. The molecule has 10 aromatic carbocycles. The molecule has 0 radical (unpaired) electrons. The van der Waals surface area contributed by atoms with Crippen molar-refractivity contribution in [3.8, 4) is 78.7 Å². The molecule has 16 heteroatoms. The van der Waals surface area contributed by atoms with E-state index < -0.39 is 11.9 Å². The molecule has 0 aliphatic rings. The number of hydrogen-bond donors (Lipinski definition) is 1. The first kappa shape index (κ1) is 87.1. The molecule has 0 bridgehead atoms. The van der Waals surface area contributed by atoms with E-state index in [4.69, 9.17) is 62.6 Å². The third-order valence-corrected chi connectivity index (χ3v) is 20.8. The Morgan fingerprint density at radius 3 is 1.40 bits per heavy atom. The van der Waals surface area contributed by atoms with Gasteiger partial charge < -0.3 is 14.5 Å². The van der Waals surface area contributed by atoms with Crippen molar-refractivity contribution in [2.75, 3.05) is 0 Å². The minimum Gasteiger partial charge on any atom is 2.00 e. The summed E-state index contributed by atoms with van der Waals surface area (Å²) in [7, 11) is 20.0. The second-order valence-electron chi connectivity index (χ2n) is 32.3. The monoisotopic (exact) mass is 1990 g/mol. The Balaban J connectivity index is 0.000000190. The molecule has 572 valence electrons. The van der Waals surface area contributed by atoms with Crippen LogP contribution in [0, 0.1) is 6.07 Å². The molecule has 18 rings (SSSR count). The van der Waals surface area contributed by atoms with E-state index in [-0.39, 0.29) is 57.6 Å². The van der Waals surface area contributed by atoms with Crippen LogP contribution in [0.25, 0.3) is 166 Å². The number of nitrogens with one attached hydrogen (secondary N) is 1. The van der Waals surface area contributed by atoms with E-state index in [2.05, 4.69) is 352 Å². The van der Waals surface area contributed by atoms with Crippen LogP contribution in [-0.2, 0) is 54.6 Å². The van der Waals surface area contributed by atoms with Gasteiger partial charge in [-0.1, -0.05) is 250 Å². The quantitative estimate of drug-likeness (QED) is 0.121. The Hall–Kier alpha value is -6.19. The first-order valence-electron chi connectivity index (χ1n) is 37.7. The first-order chi connectivity index (χ1) is 53.1. The Kier molecular flexibility index (Phi) is 27.1. The number of aromatic nitrogens is 8. The summed E-state index contributed by atoms with van der Waals surface area (Å²) >= 11 is -0.556. The van der Waals surface area contributed by atoms with Crippen molar-refractivity contribution in [2.45, 2.75) is 120 Å². The van der Waals surface area contributed by atoms with Crippen molar-refractivity contribution in [2.24, 2.45) is 0 Å². The number of fused-ring (bicyclic) bond motifs is 12. The van der Waals surface area contributed by atoms with Crippen molar-refractivity contribution < 1.29 is 33.0 Å². The number of rotatable bonds is 8. The molecule has 0 amide bonds. The van der Waals surface area contributed by atoms with Crippen molar-refractivity contribution in [1.29, 1.82) is 0 Å². The van der Waals surface area contributed by atoms with E-state index in [9.17, 15) is 0 Å². The van der Waals surface area contributed by atoms with E-state index in [0.717, 1.165) is 134 Å². The van der Waals surface area contributed by atoms with Gasteiger partial charge in [0.2, 0.25) is 0 Å². The molecule has 114 heavy (non-hydrogen) atoms. The minimum atomic E-state index is -3.06. The molecule has 0 spiro atoms. The fourth-order valence-corrected chi connectivity index (χ4v) is 15.0. The molecular formula is C98H90Cl4K2N8Pt2. The summed E-state index contributed by atoms with van der Waals surface area (Å²) in [6.45, 7) is 27.4. The van der Waals surface area contributed by atoms with E-state index in [0.29, 0.717) is 0 Å². The van der Waals surface area contributed by atoms with E-state index in [1.54, 1.807) is 0 Å². The summed E-state index contributed by atoms with van der Waals surface area (Å²) in [6, 6.07) is 97.2. The van der Waals surface area contributed by atoms with Crippen molar-refractivity contribution in [3.63, 3.8) is 0 Å². The zero-order valence-corrected chi connectivity index (χ0v) is 79.1. The number of benzene rings is 10. The average Bonchev–Trinajstić information content (AvgIpc) is 1.58. The average molecular weight is 1990 g/mol. The zero-order valence-electron chi connectivity index (χ0n) is 65.3. The molecule has 1 N–H and O–H groups in total. The number of nitrogens with zero attached hydrogens (tertiary/aromatic N) is 7. The number of halogens is 4. The Morgan fingerprint density at radius 2 is 0.825 bits per heavy atom. The van der Waals surface area contributed by atoms with Crippen molar-refractivity contribution >= 4 is 188 Å². The van der Waals surface area contributed by atoms with Crippen molar-refractivity contribution in [3.05, 3.63) is 302 Å². The molecule has 0 saturated carbocycles. The minimum absolute atomic E-state index is 0. The van der Waals surface area contributed by atoms with Gasteiger partial charge in [-0.2, -0.15) is 0 Å². The summed E-state index contributed by atoms with van der Waals surface area (Å²) in [5.74, 6) is 0. The number of H-pyrrole nitrogens is 1. The van der Waals surface area contributed by atoms with Gasteiger partial charge in [0.1, 0.15) is 11.3 Å². The van der Waals surface area contributed by atoms with Gasteiger partial charge in [0.15, 0.2) is 0 Å². The van der Waals surface area contributed by atoms with Crippen LogP contribution in [-0.4, -0.2) is 97.2 Å². The van der Waals surface area contributed by atoms with Crippen molar-refractivity contribution in [1.82, 2.24) is 39.0 Å². The van der Waals surface area contributed by atoms with Gasteiger partial charge in [0.05, 0.1) is 33.6 Å². The molecule has 0 aliphatic carbocycles. The van der Waals surface area contributed by atoms with Gasteiger partial charge in [-0.15, -0.1) is 40.9 Å². The number of hydrogen-bond acceptors (Lipinski definition) is 4. The molecule has 8 aromatic heterocycles. The molecule has 18 aromatic rings. The number of pyridine rings is 4. The summed E-state index contributed by atoms with van der Waals surface area (Å²) in [5.41, 5.74) is 27.7. The molecule has 0 fully saturated rings. The summed E-state index contributed by atoms with van der Waals surface area (Å²) in [6.07, 6.45) is 3.73. The van der Waals surface area contributed by atoms with Gasteiger partial charge in [-0.25, -0.2) is 15.0 Å². The third-order valence-electron chi connectivity index (χ3n) is 20.8. The molecular weight excluding hydrogens is 1900 g/mol. The second-order valence-corrected chi connectivity index (χ2v) is 52.0. The maximum absolute atomic E-state index is 5.50. The largest absolute Gasteiger partial charge is 2.00 e. The SMILES string of the molecule is C.C.CC(C)(C)c1ccc2[n-]c3c(-c4cc(-c5ccccc5)cc(-c5[c-]c(-n6c7ccccc7c7cccnc76)ccc5)n4)cc(C(C)(C)C)cc3c2c1.CC(C)(C)c1ccc2[nH]c3c(-c4cc(-c5ccccc5)cc(-c5cccc(-n6c7ccccc7c7cccnc76)c5)n4)cc(C(C)(C)C)cc3c2c1.[Cl][Pt]([Cl])([Cl])[Cl].[K][K].[Pt+2]. The standard InChI is InChI=1S/C48H42N4.C48H40N4.2CH4.4ClH.2K.2Pt/c2*1-47(2,3)33-21-22-41-38(27-33)39-28-34(48(4,5)6)29-40(45(39)51-41)43-26-32(30-14-8-7-9-15-30)25-42(50-43)31-16-12-17-35(24-31)52-44-20-11-10-18-36(44)37-19-13-23-49-46(37)52;;;;;;;;;;/h7-29,51H,1-6H3;7-23,25-29H,1-6H3;2*1H4;4*1H;;;;/q;-2;;;;;;;;;+2;+4/p-4. The second kappa shape index (κ2) is 35.4. The summed E-state index contributed by atoms with van der Waals surface area (Å²) < 4.78 is 4.47. The first-order valence-corrected chi connectivity index (χ1v) is 64.9. The normalized spacial score (nSPS) is 12.1. The Labute approximate surface area is 749 Å². The molecule has 8 heterocycles. The van der Waals surface area contributed by atoms with Crippen LogP contribution in [0.3, 0.4) is 0 Å². The Bertz CT molecular complexity index is 6050. The van der Waals surface area contributed by atoms with Crippen LogP contribution in [0.4, 0.5) is 0 Å². The van der Waals surface area contributed by atoms with Crippen LogP contribution in [0.15, 0.2) is 273 Å². The fourth-order valence-electron chi connectivity index (χ4n) is 15.0. The van der Waals surface area contributed by atoms with Gasteiger partial charge in [-0.3, -0.25) is 9.55 Å². The number of aromatic amines is 1. The van der Waals surface area contributed by atoms with Gasteiger partial charge in [-0.05, 0) is 185 Å². The fraction of sp³-hybridized carbons (Fsp3) is 0.184. The molecule has 0 saturated heterocycles. The molecule has 0 aliphatic heterocycles. The third kappa shape index (κ3) is 18.3. The van der Waals surface area contributed by atoms with E-state index >= 15 is 0 Å². The summed E-state index contributed by atoms with van der Waals surface area (Å²) in [4.78, 5) is 29.7. The van der Waals surface area contributed by atoms with E-state index in [1.165, 1.54) is 118 Å². The molecule has 0 atom stereocenters. The maximum atomic E-state index is 5.50. The smallest absolute Gasteiger partial charge is 2.00 e. The van der Waals surface area contributed by atoms with Crippen LogP contribution < -0.4 is 4.98 Å². The topological polar surface area (TPSA) is 91.3 Å². The molecule has 8 nitrogen and oxygen atoms in total. The van der Waals surface area contributed by atoms with Gasteiger partial charge >= 0.3 is 134 Å². The van der Waals surface area contributed by atoms with Crippen LogP contribution in [0.5, 0.6) is 0 Å². The van der Waals surface area contributed by atoms with Crippen LogP contribution >= 0.6 is 37.7 Å². The van der Waals surface area contributed by atoms with Crippen LogP contribution in [0.1, 0.15) is 120 Å². The maximum Gasteiger partial charge on any atom is 2.00 e. The van der Waals surface area contributed by atoms with Gasteiger partial charge in [0, 0.05) is 67.0 Å². The van der Waals surface area contributed by atoms with E-state index in [1.807, 2.05) is 24.5 Å². The number of para-hydroxylation sites is 2.